The average molecular weight is 327 g/mol. The molecule has 0 fully saturated rings. The van der Waals surface area contributed by atoms with E-state index in [1.54, 1.807) is 12.1 Å². The highest BCUT2D eigenvalue weighted by molar-refractivity contribution is 7.80. The van der Waals surface area contributed by atoms with Gasteiger partial charge in [0.1, 0.15) is 5.71 Å². The number of nitrogens with one attached hydrogen (secondary N) is 1. The fourth-order valence-corrected chi connectivity index (χ4v) is 1.76. The molecule has 0 heterocycles. The first-order chi connectivity index (χ1) is 10.4. The maximum absolute atomic E-state index is 11.2. The van der Waals surface area contributed by atoms with Crippen molar-refractivity contribution in [2.24, 2.45) is 10.8 Å². The lowest BCUT2D eigenvalue weighted by Gasteiger charge is -2.14. The van der Waals surface area contributed by atoms with Crippen LogP contribution in [0.2, 0.25) is 0 Å². The first kappa shape index (κ1) is 17.5. The maximum atomic E-state index is 11.2. The van der Waals surface area contributed by atoms with Gasteiger partial charge in [0.2, 0.25) is 5.75 Å². The molecule has 0 aliphatic rings. The number of benzene rings is 1. The number of hydrogen-bond donors (Lipinski definition) is 3. The molecule has 0 radical (unpaired) electrons. The molecule has 0 amide bonds. The molecule has 0 saturated heterocycles. The molecule has 0 saturated carbocycles. The highest BCUT2D eigenvalue weighted by Crippen LogP contribution is 2.38. The van der Waals surface area contributed by atoms with E-state index in [-0.39, 0.29) is 17.2 Å². The zero-order valence-electron chi connectivity index (χ0n) is 12.4. The van der Waals surface area contributed by atoms with Gasteiger partial charge in [-0.3, -0.25) is 5.43 Å². The molecule has 9 heteroatoms. The molecule has 22 heavy (non-hydrogen) atoms. The van der Waals surface area contributed by atoms with Gasteiger partial charge in [-0.1, -0.05) is 0 Å². The number of hydrogen-bond acceptors (Lipinski definition) is 6. The van der Waals surface area contributed by atoms with Crippen LogP contribution in [0, 0.1) is 0 Å². The van der Waals surface area contributed by atoms with E-state index in [0.717, 1.165) is 0 Å². The van der Waals surface area contributed by atoms with E-state index in [9.17, 15) is 4.79 Å². The summed E-state index contributed by atoms with van der Waals surface area (Å²) in [5, 5.41) is 12.7. The third-order valence-electron chi connectivity index (χ3n) is 2.64. The molecule has 1 rings (SSSR count). The number of carboxylic acid groups (broad SMARTS) is 1. The summed E-state index contributed by atoms with van der Waals surface area (Å²) < 4.78 is 15.6. The molecule has 0 atom stereocenters. The number of nitrogens with two attached hydrogens (primary N) is 1. The molecular formula is C13H17N3O5S. The third-order valence-corrected chi connectivity index (χ3v) is 2.74. The summed E-state index contributed by atoms with van der Waals surface area (Å²) in [4.78, 5) is 11.2. The Hall–Kier alpha value is -2.55. The van der Waals surface area contributed by atoms with Gasteiger partial charge in [0.05, 0.1) is 21.3 Å². The van der Waals surface area contributed by atoms with Crippen molar-refractivity contribution in [2.75, 3.05) is 21.3 Å². The summed E-state index contributed by atoms with van der Waals surface area (Å²) in [7, 11) is 4.43. The van der Waals surface area contributed by atoms with Crippen molar-refractivity contribution in [1.29, 1.82) is 0 Å². The quantitative estimate of drug-likeness (QED) is 0.377. The number of carboxylic acids is 1. The van der Waals surface area contributed by atoms with Crippen molar-refractivity contribution in [1.82, 2.24) is 5.43 Å². The minimum absolute atomic E-state index is 0.0155. The Labute approximate surface area is 132 Å². The standard InChI is InChI=1S/C13H17N3O5S/c1-19-9-5-7(6-10(20-2)11(9)21-3)4-8(12(17)18)15-16-13(14)22/h5-6H,4H2,1-3H3,(H,17,18)(H3,14,16,22)/b15-8-. The molecule has 4 N–H and O–H groups in total. The largest absolute Gasteiger partial charge is 0.493 e. The van der Waals surface area contributed by atoms with Crippen molar-refractivity contribution in [3.05, 3.63) is 17.7 Å². The maximum Gasteiger partial charge on any atom is 0.352 e. The molecule has 0 aliphatic heterocycles. The number of carbonyl (C=O) groups is 1. The zero-order valence-corrected chi connectivity index (χ0v) is 13.2. The number of methoxy groups -OCH3 is 3. The van der Waals surface area contributed by atoms with Crippen molar-refractivity contribution in [2.45, 2.75) is 6.42 Å². The molecule has 8 nitrogen and oxygen atoms in total. The summed E-state index contributed by atoms with van der Waals surface area (Å²) in [6.45, 7) is 0. The predicted octanol–water partition coefficient (Wildman–Crippen LogP) is 0.529. The van der Waals surface area contributed by atoms with Gasteiger partial charge >= 0.3 is 5.97 Å². The minimum Gasteiger partial charge on any atom is -0.493 e. The molecule has 120 valence electrons. The normalized spacial score (nSPS) is 10.8. The van der Waals surface area contributed by atoms with Gasteiger partial charge in [-0.2, -0.15) is 5.10 Å². The van der Waals surface area contributed by atoms with E-state index in [1.165, 1.54) is 21.3 Å². The number of hydrazone groups is 1. The van der Waals surface area contributed by atoms with Crippen LogP contribution in [0.15, 0.2) is 17.2 Å². The smallest absolute Gasteiger partial charge is 0.352 e. The summed E-state index contributed by atoms with van der Waals surface area (Å²) >= 11 is 4.59. The molecule has 0 unspecified atom stereocenters. The van der Waals surface area contributed by atoms with E-state index in [1.807, 2.05) is 0 Å². The average Bonchev–Trinajstić information content (AvgIpc) is 2.49. The Morgan fingerprint density at radius 3 is 2.18 bits per heavy atom. The Morgan fingerprint density at radius 1 is 1.27 bits per heavy atom. The fourth-order valence-electron chi connectivity index (χ4n) is 1.72. The van der Waals surface area contributed by atoms with Crippen LogP contribution in [0.5, 0.6) is 17.2 Å². The molecule has 0 aromatic heterocycles. The Morgan fingerprint density at radius 2 is 1.82 bits per heavy atom. The first-order valence-corrected chi connectivity index (χ1v) is 6.47. The van der Waals surface area contributed by atoms with Gasteiger partial charge in [-0.05, 0) is 29.9 Å². The second-order valence-corrected chi connectivity index (χ2v) is 4.49. The fraction of sp³-hybridized carbons (Fsp3) is 0.308. The van der Waals surface area contributed by atoms with Gasteiger partial charge in [0.15, 0.2) is 16.6 Å². The topological polar surface area (TPSA) is 115 Å². The molecule has 1 aromatic carbocycles. The van der Waals surface area contributed by atoms with Crippen LogP contribution in [0.4, 0.5) is 0 Å². The van der Waals surface area contributed by atoms with E-state index < -0.39 is 5.97 Å². The number of ether oxygens (including phenoxy) is 3. The van der Waals surface area contributed by atoms with Crippen molar-refractivity contribution < 1.29 is 24.1 Å². The van der Waals surface area contributed by atoms with Gasteiger partial charge < -0.3 is 25.1 Å². The SMILES string of the molecule is COc1cc(C/C(=N/NC(N)=S)C(=O)O)cc(OC)c1OC. The Bertz CT molecular complexity index is 578. The number of nitrogens with zero attached hydrogens (tertiary/aromatic N) is 1. The summed E-state index contributed by atoms with van der Waals surface area (Å²) in [5.74, 6) is 0.0640. The number of thiocarbonyl (C=S) groups is 1. The lowest BCUT2D eigenvalue weighted by Crippen LogP contribution is -2.28. The monoisotopic (exact) mass is 327 g/mol. The second kappa shape index (κ2) is 8.03. The van der Waals surface area contributed by atoms with E-state index in [2.05, 4.69) is 22.7 Å². The number of rotatable bonds is 7. The van der Waals surface area contributed by atoms with Crippen molar-refractivity contribution >= 4 is 29.0 Å². The molecule has 1 aromatic rings. The Kier molecular flexibility index (Phi) is 6.39. The van der Waals surface area contributed by atoms with Crippen LogP contribution in [-0.2, 0) is 11.2 Å². The summed E-state index contributed by atoms with van der Waals surface area (Å²) in [6.07, 6.45) is 0.0155. The predicted molar refractivity (Wildman–Crippen MR) is 84.8 cm³/mol. The van der Waals surface area contributed by atoms with Gasteiger partial charge in [-0.25, -0.2) is 4.79 Å². The van der Waals surface area contributed by atoms with Crippen LogP contribution in [0.1, 0.15) is 5.56 Å². The summed E-state index contributed by atoms with van der Waals surface area (Å²) in [5.41, 5.74) is 7.93. The van der Waals surface area contributed by atoms with Crippen LogP contribution >= 0.6 is 12.2 Å². The second-order valence-electron chi connectivity index (χ2n) is 4.05. The lowest BCUT2D eigenvalue weighted by atomic mass is 10.1. The summed E-state index contributed by atoms with van der Waals surface area (Å²) in [6, 6.07) is 3.28. The van der Waals surface area contributed by atoms with E-state index in [4.69, 9.17) is 25.1 Å². The highest BCUT2D eigenvalue weighted by atomic mass is 32.1. The van der Waals surface area contributed by atoms with E-state index in [0.29, 0.717) is 22.8 Å². The van der Waals surface area contributed by atoms with Gasteiger partial charge in [0, 0.05) is 6.42 Å². The van der Waals surface area contributed by atoms with Crippen LogP contribution < -0.4 is 25.4 Å². The van der Waals surface area contributed by atoms with Crippen LogP contribution in [0.25, 0.3) is 0 Å². The minimum atomic E-state index is -1.20. The van der Waals surface area contributed by atoms with Gasteiger partial charge in [0.25, 0.3) is 0 Å². The van der Waals surface area contributed by atoms with Gasteiger partial charge in [-0.15, -0.1) is 0 Å². The van der Waals surface area contributed by atoms with Crippen LogP contribution in [-0.4, -0.2) is 43.2 Å². The van der Waals surface area contributed by atoms with Crippen molar-refractivity contribution in [3.63, 3.8) is 0 Å². The third kappa shape index (κ3) is 4.48. The number of aliphatic carboxylic acids is 1. The first-order valence-electron chi connectivity index (χ1n) is 6.07. The Balaban J connectivity index is 3.17. The molecule has 0 bridgehead atoms. The molecule has 0 aliphatic carbocycles. The highest BCUT2D eigenvalue weighted by Gasteiger charge is 2.17. The lowest BCUT2D eigenvalue weighted by molar-refractivity contribution is -0.129. The van der Waals surface area contributed by atoms with Crippen LogP contribution in [0.3, 0.4) is 0 Å². The van der Waals surface area contributed by atoms with Crippen molar-refractivity contribution in [3.8, 4) is 17.2 Å². The molecule has 0 spiro atoms. The molecular weight excluding hydrogens is 310 g/mol. The zero-order chi connectivity index (χ0) is 16.7. The van der Waals surface area contributed by atoms with E-state index >= 15 is 0 Å².